The number of rotatable bonds is 8. The van der Waals surface area contributed by atoms with Crippen LogP contribution in [0, 0.1) is 0 Å². The highest BCUT2D eigenvalue weighted by Crippen LogP contribution is 2.28. The highest BCUT2D eigenvalue weighted by Gasteiger charge is 2.18. The molecule has 1 aliphatic rings. The van der Waals surface area contributed by atoms with Crippen molar-refractivity contribution in [3.05, 3.63) is 25.3 Å². The Morgan fingerprint density at radius 2 is 2.08 bits per heavy atom. The minimum Gasteiger partial charge on any atom is -0.493 e. The zero-order chi connectivity index (χ0) is 19.3. The van der Waals surface area contributed by atoms with Crippen molar-refractivity contribution in [2.45, 2.75) is 19.4 Å². The summed E-state index contributed by atoms with van der Waals surface area (Å²) in [6.07, 6.45) is 2.37. The Morgan fingerprint density at radius 3 is 2.73 bits per heavy atom. The Kier molecular flexibility index (Phi) is 6.95. The Balaban J connectivity index is 2.07. The van der Waals surface area contributed by atoms with Gasteiger partial charge in [-0.3, -0.25) is 18.7 Å². The zero-order valence-corrected chi connectivity index (χ0v) is 16.1. The molecule has 2 rings (SSSR count). The molecule has 1 fully saturated rings. The Labute approximate surface area is 158 Å². The minimum atomic E-state index is -3.95. The van der Waals surface area contributed by atoms with Crippen LogP contribution in [0.5, 0.6) is 5.88 Å². The average Bonchev–Trinajstić information content (AvgIpc) is 3.08. The third-order valence-electron chi connectivity index (χ3n) is 3.48. The topological polar surface area (TPSA) is 137 Å². The Hall–Kier alpha value is -1.72. The van der Waals surface area contributed by atoms with E-state index in [-0.39, 0.29) is 10.6 Å². The number of unbranched alkanes of at least 4 members (excludes halogenated alkanes) is 1. The third-order valence-corrected chi connectivity index (χ3v) is 6.24. The fraction of sp³-hybridized carbons (Fsp3) is 0.500. The third kappa shape index (κ3) is 5.92. The average molecular weight is 423 g/mol. The van der Waals surface area contributed by atoms with Crippen LogP contribution in [0.3, 0.4) is 0 Å². The fourth-order valence-corrected chi connectivity index (χ4v) is 4.64. The van der Waals surface area contributed by atoms with Crippen molar-refractivity contribution in [3.63, 3.8) is 0 Å². The number of carboxylic acid groups (broad SMARTS) is 1. The van der Waals surface area contributed by atoms with E-state index in [2.05, 4.69) is 5.73 Å². The normalized spacial score (nSPS) is 14.5. The van der Waals surface area contributed by atoms with E-state index in [4.69, 9.17) is 9.66 Å². The smallest absolute Gasteiger partial charge is 0.323 e. The first-order valence-electron chi connectivity index (χ1n) is 7.61. The molecular formula is C14H18N2O7S3. The quantitative estimate of drug-likeness (QED) is 0.316. The largest absolute Gasteiger partial charge is 0.493 e. The SMILES string of the molecule is O=C(O)Cn1c(O)c(C=C=C2SCCN2CCCCS(=O)(=O)O)sc1=O. The number of thiazole rings is 1. The van der Waals surface area contributed by atoms with Gasteiger partial charge >= 0.3 is 10.8 Å². The molecule has 0 atom stereocenters. The first-order chi connectivity index (χ1) is 12.2. The molecule has 0 saturated carbocycles. The lowest BCUT2D eigenvalue weighted by Gasteiger charge is -2.16. The van der Waals surface area contributed by atoms with Gasteiger partial charge in [-0.2, -0.15) is 8.42 Å². The lowest BCUT2D eigenvalue weighted by Crippen LogP contribution is -2.20. The van der Waals surface area contributed by atoms with Gasteiger partial charge in [-0.15, -0.1) is 0 Å². The predicted molar refractivity (Wildman–Crippen MR) is 99.1 cm³/mol. The number of aromatic nitrogens is 1. The molecule has 1 saturated heterocycles. The van der Waals surface area contributed by atoms with Crippen LogP contribution in [0.15, 0.2) is 15.6 Å². The fourth-order valence-electron chi connectivity index (χ4n) is 2.29. The molecule has 0 aromatic carbocycles. The van der Waals surface area contributed by atoms with Gasteiger partial charge in [0.05, 0.1) is 5.75 Å². The van der Waals surface area contributed by atoms with E-state index in [0.29, 0.717) is 19.4 Å². The second-order valence-electron chi connectivity index (χ2n) is 5.46. The molecule has 1 aliphatic heterocycles. The van der Waals surface area contributed by atoms with Gasteiger partial charge in [-0.1, -0.05) is 28.8 Å². The zero-order valence-electron chi connectivity index (χ0n) is 13.6. The van der Waals surface area contributed by atoms with Crippen molar-refractivity contribution in [3.8, 4) is 5.88 Å². The van der Waals surface area contributed by atoms with Crippen molar-refractivity contribution in [1.29, 1.82) is 0 Å². The first-order valence-corrected chi connectivity index (χ1v) is 11.0. The van der Waals surface area contributed by atoms with E-state index in [1.54, 1.807) is 0 Å². The molecule has 0 radical (unpaired) electrons. The van der Waals surface area contributed by atoms with Crippen LogP contribution in [0.4, 0.5) is 0 Å². The molecule has 0 unspecified atom stereocenters. The van der Waals surface area contributed by atoms with Crippen molar-refractivity contribution in [2.75, 3.05) is 24.6 Å². The summed E-state index contributed by atoms with van der Waals surface area (Å²) in [5.74, 6) is -1.08. The van der Waals surface area contributed by atoms with Crippen LogP contribution in [0.25, 0.3) is 6.08 Å². The molecule has 2 heterocycles. The highest BCUT2D eigenvalue weighted by atomic mass is 32.2. The molecule has 0 amide bonds. The molecule has 0 aliphatic carbocycles. The van der Waals surface area contributed by atoms with E-state index >= 15 is 0 Å². The molecule has 144 valence electrons. The maximum Gasteiger partial charge on any atom is 0.323 e. The van der Waals surface area contributed by atoms with E-state index in [9.17, 15) is 23.1 Å². The first kappa shape index (κ1) is 20.6. The van der Waals surface area contributed by atoms with Crippen LogP contribution in [-0.2, 0) is 21.5 Å². The summed E-state index contributed by atoms with van der Waals surface area (Å²) in [4.78, 5) is 24.1. The predicted octanol–water partition coefficient (Wildman–Crippen LogP) is 0.870. The summed E-state index contributed by atoms with van der Waals surface area (Å²) in [6, 6.07) is 0. The molecular weight excluding hydrogens is 404 g/mol. The van der Waals surface area contributed by atoms with Crippen molar-refractivity contribution >= 4 is 45.3 Å². The second-order valence-corrected chi connectivity index (χ2v) is 9.11. The van der Waals surface area contributed by atoms with Crippen LogP contribution in [0.1, 0.15) is 17.7 Å². The van der Waals surface area contributed by atoms with Crippen molar-refractivity contribution in [2.24, 2.45) is 0 Å². The molecule has 3 N–H and O–H groups in total. The summed E-state index contributed by atoms with van der Waals surface area (Å²) in [6.45, 7) is 0.746. The molecule has 0 spiro atoms. The summed E-state index contributed by atoms with van der Waals surface area (Å²) < 4.78 is 30.9. The number of hydrogen-bond acceptors (Lipinski definition) is 8. The van der Waals surface area contributed by atoms with E-state index in [1.807, 2.05) is 4.90 Å². The summed E-state index contributed by atoms with van der Waals surface area (Å²) in [5.41, 5.74) is 3.00. The molecule has 9 nitrogen and oxygen atoms in total. The van der Waals surface area contributed by atoms with Crippen LogP contribution >= 0.6 is 23.1 Å². The van der Waals surface area contributed by atoms with Crippen molar-refractivity contribution < 1.29 is 28.0 Å². The molecule has 0 bridgehead atoms. The monoisotopic (exact) mass is 422 g/mol. The van der Waals surface area contributed by atoms with Crippen LogP contribution in [-0.4, -0.2) is 63.2 Å². The lowest BCUT2D eigenvalue weighted by molar-refractivity contribution is -0.137. The van der Waals surface area contributed by atoms with Gasteiger partial charge in [-0.05, 0) is 12.8 Å². The lowest BCUT2D eigenvalue weighted by atomic mass is 10.3. The number of nitrogens with zero attached hydrogens (tertiary/aromatic N) is 2. The number of carboxylic acids is 1. The van der Waals surface area contributed by atoms with Crippen LogP contribution < -0.4 is 4.87 Å². The molecule has 12 heteroatoms. The number of aliphatic carboxylic acids is 1. The second kappa shape index (κ2) is 8.78. The Bertz CT molecular complexity index is 894. The highest BCUT2D eigenvalue weighted by molar-refractivity contribution is 8.03. The number of aromatic hydroxyl groups is 1. The summed E-state index contributed by atoms with van der Waals surface area (Å²) in [7, 11) is -3.95. The van der Waals surface area contributed by atoms with Gasteiger partial charge in [0.25, 0.3) is 10.1 Å². The van der Waals surface area contributed by atoms with Gasteiger partial charge in [0, 0.05) is 24.9 Å². The standard InChI is InChI=1S/C14H18N2O7S3/c17-12(18)9-16-13(19)10(25-14(16)20)3-4-11-15(6-7-24-11)5-1-2-8-26(21,22)23/h3,19H,1-2,5-9H2,(H,17,18)(H,21,22,23). The summed E-state index contributed by atoms with van der Waals surface area (Å²) >= 11 is 2.27. The van der Waals surface area contributed by atoms with E-state index < -0.39 is 33.4 Å². The number of hydrogen-bond donors (Lipinski definition) is 3. The molecule has 1 aromatic heterocycles. The van der Waals surface area contributed by atoms with Gasteiger partial charge in [-0.25, -0.2) is 0 Å². The number of carbonyl (C=O) groups is 1. The van der Waals surface area contributed by atoms with E-state index in [1.165, 1.54) is 17.8 Å². The molecule has 1 aromatic rings. The molecule has 26 heavy (non-hydrogen) atoms. The maximum atomic E-state index is 11.7. The summed E-state index contributed by atoms with van der Waals surface area (Å²) in [5, 5.41) is 19.5. The van der Waals surface area contributed by atoms with Gasteiger partial charge in [0.1, 0.15) is 16.5 Å². The minimum absolute atomic E-state index is 0.225. The van der Waals surface area contributed by atoms with Gasteiger partial charge < -0.3 is 15.1 Å². The number of thioether (sulfide) groups is 1. The Morgan fingerprint density at radius 1 is 1.35 bits per heavy atom. The van der Waals surface area contributed by atoms with Crippen LogP contribution in [0.2, 0.25) is 0 Å². The van der Waals surface area contributed by atoms with Gasteiger partial charge in [0.15, 0.2) is 0 Å². The maximum absolute atomic E-state index is 11.7. The van der Waals surface area contributed by atoms with Gasteiger partial charge in [0.2, 0.25) is 5.88 Å². The van der Waals surface area contributed by atoms with E-state index in [0.717, 1.165) is 33.2 Å². The van der Waals surface area contributed by atoms with Crippen molar-refractivity contribution in [1.82, 2.24) is 9.47 Å².